The van der Waals surface area contributed by atoms with Gasteiger partial charge in [-0.25, -0.2) is 4.98 Å². The lowest BCUT2D eigenvalue weighted by molar-refractivity contribution is 0.343. The fraction of sp³-hybridized carbons (Fsp3) is 0.357. The third-order valence-electron chi connectivity index (χ3n) is 3.15. The number of halogens is 1. The van der Waals surface area contributed by atoms with Crippen molar-refractivity contribution >= 4 is 22.6 Å². The molecule has 1 aromatic carbocycles. The summed E-state index contributed by atoms with van der Waals surface area (Å²) in [7, 11) is 0. The standard InChI is InChI=1S/C14H15ClN4O2/c1-2-20-11-5-3-4-10-14(11)17-13(6-7-15)19(10)8-12-16-9-21-18-12/h3-5,9H,2,6-8H2,1H3. The van der Waals surface area contributed by atoms with Crippen molar-refractivity contribution in [1.29, 1.82) is 0 Å². The van der Waals surface area contributed by atoms with E-state index >= 15 is 0 Å². The van der Waals surface area contributed by atoms with Gasteiger partial charge >= 0.3 is 0 Å². The molecule has 0 amide bonds. The number of fused-ring (bicyclic) bond motifs is 1. The Kier molecular flexibility index (Phi) is 4.06. The zero-order valence-corrected chi connectivity index (χ0v) is 12.4. The average molecular weight is 307 g/mol. The number of nitrogens with zero attached hydrogens (tertiary/aromatic N) is 4. The fourth-order valence-corrected chi connectivity index (χ4v) is 2.47. The Labute approximate surface area is 126 Å². The summed E-state index contributed by atoms with van der Waals surface area (Å²) in [5.74, 6) is 2.76. The van der Waals surface area contributed by atoms with Crippen molar-refractivity contribution in [3.05, 3.63) is 36.2 Å². The van der Waals surface area contributed by atoms with Crippen molar-refractivity contribution in [1.82, 2.24) is 19.7 Å². The third-order valence-corrected chi connectivity index (χ3v) is 3.33. The van der Waals surface area contributed by atoms with Gasteiger partial charge in [-0.1, -0.05) is 11.2 Å². The molecule has 0 spiro atoms. The minimum absolute atomic E-state index is 0.495. The Balaban J connectivity index is 2.10. The molecule has 7 heteroatoms. The molecule has 3 rings (SSSR count). The maximum Gasteiger partial charge on any atom is 0.213 e. The summed E-state index contributed by atoms with van der Waals surface area (Å²) in [5, 5.41) is 3.86. The van der Waals surface area contributed by atoms with Crippen molar-refractivity contribution in [3.63, 3.8) is 0 Å². The largest absolute Gasteiger partial charge is 0.492 e. The number of hydrogen-bond donors (Lipinski definition) is 0. The summed E-state index contributed by atoms with van der Waals surface area (Å²) in [5.41, 5.74) is 1.81. The molecule has 2 aromatic heterocycles. The highest BCUT2D eigenvalue weighted by Gasteiger charge is 2.15. The van der Waals surface area contributed by atoms with Gasteiger partial charge in [0.2, 0.25) is 6.39 Å². The van der Waals surface area contributed by atoms with Crippen LogP contribution in [0.5, 0.6) is 5.75 Å². The van der Waals surface area contributed by atoms with Crippen molar-refractivity contribution in [2.75, 3.05) is 12.5 Å². The van der Waals surface area contributed by atoms with E-state index in [4.69, 9.17) is 20.9 Å². The molecule has 0 saturated heterocycles. The number of rotatable bonds is 6. The first-order valence-corrected chi connectivity index (χ1v) is 7.29. The van der Waals surface area contributed by atoms with Crippen molar-refractivity contribution < 1.29 is 9.26 Å². The summed E-state index contributed by atoms with van der Waals surface area (Å²) in [6.07, 6.45) is 1.99. The van der Waals surface area contributed by atoms with Crippen LogP contribution in [0.2, 0.25) is 0 Å². The van der Waals surface area contributed by atoms with E-state index in [0.29, 0.717) is 31.3 Å². The van der Waals surface area contributed by atoms with Gasteiger partial charge in [-0.3, -0.25) is 0 Å². The average Bonchev–Trinajstić information content (AvgIpc) is 3.10. The zero-order valence-electron chi connectivity index (χ0n) is 11.6. The van der Waals surface area contributed by atoms with E-state index in [1.54, 1.807) is 0 Å². The highest BCUT2D eigenvalue weighted by molar-refractivity contribution is 6.17. The SMILES string of the molecule is CCOc1cccc2c1nc(CCCl)n2Cc1ncon1. The second-order valence-corrected chi connectivity index (χ2v) is 4.84. The van der Waals surface area contributed by atoms with Crippen LogP contribution in [0.3, 0.4) is 0 Å². The van der Waals surface area contributed by atoms with Crippen LogP contribution in [0.15, 0.2) is 29.1 Å². The molecule has 0 aliphatic rings. The Morgan fingerprint density at radius 1 is 1.38 bits per heavy atom. The Morgan fingerprint density at radius 3 is 3.00 bits per heavy atom. The lowest BCUT2D eigenvalue weighted by Crippen LogP contribution is -2.07. The molecule has 0 aliphatic carbocycles. The van der Waals surface area contributed by atoms with Crippen molar-refractivity contribution in [3.8, 4) is 5.75 Å². The van der Waals surface area contributed by atoms with E-state index in [9.17, 15) is 0 Å². The van der Waals surface area contributed by atoms with E-state index in [0.717, 1.165) is 22.6 Å². The molecule has 0 N–H and O–H groups in total. The maximum absolute atomic E-state index is 5.88. The summed E-state index contributed by atoms with van der Waals surface area (Å²) >= 11 is 5.88. The van der Waals surface area contributed by atoms with Gasteiger partial charge in [0.05, 0.1) is 18.7 Å². The van der Waals surface area contributed by atoms with Crippen LogP contribution >= 0.6 is 11.6 Å². The van der Waals surface area contributed by atoms with Crippen LogP contribution in [0.25, 0.3) is 11.0 Å². The molecule has 0 bridgehead atoms. The molecule has 21 heavy (non-hydrogen) atoms. The van der Waals surface area contributed by atoms with Gasteiger partial charge in [-0.2, -0.15) is 4.98 Å². The predicted molar refractivity (Wildman–Crippen MR) is 78.7 cm³/mol. The quantitative estimate of drug-likeness (QED) is 0.655. The third kappa shape index (κ3) is 2.71. The normalized spacial score (nSPS) is 11.1. The number of para-hydroxylation sites is 1. The van der Waals surface area contributed by atoms with Crippen LogP contribution in [0.1, 0.15) is 18.6 Å². The number of hydrogen-bond acceptors (Lipinski definition) is 5. The molecular formula is C14H15ClN4O2. The van der Waals surface area contributed by atoms with Crippen LogP contribution in [-0.4, -0.2) is 32.2 Å². The molecule has 110 valence electrons. The first-order chi connectivity index (χ1) is 10.3. The highest BCUT2D eigenvalue weighted by Crippen LogP contribution is 2.27. The number of benzene rings is 1. The van der Waals surface area contributed by atoms with Gasteiger partial charge in [-0.05, 0) is 19.1 Å². The predicted octanol–water partition coefficient (Wildman–Crippen LogP) is 2.65. The second kappa shape index (κ2) is 6.13. The minimum atomic E-state index is 0.495. The van der Waals surface area contributed by atoms with Crippen LogP contribution in [0, 0.1) is 0 Å². The summed E-state index contributed by atoms with van der Waals surface area (Å²) in [4.78, 5) is 8.74. The second-order valence-electron chi connectivity index (χ2n) is 4.46. The van der Waals surface area contributed by atoms with Crippen molar-refractivity contribution in [2.45, 2.75) is 19.9 Å². The first kappa shape index (κ1) is 13.9. The first-order valence-electron chi connectivity index (χ1n) is 6.75. The van der Waals surface area contributed by atoms with Gasteiger partial charge in [-0.15, -0.1) is 11.6 Å². The Hall–Kier alpha value is -2.08. The van der Waals surface area contributed by atoms with E-state index in [1.807, 2.05) is 29.7 Å². The molecule has 6 nitrogen and oxygen atoms in total. The van der Waals surface area contributed by atoms with Gasteiger partial charge in [0.25, 0.3) is 0 Å². The highest BCUT2D eigenvalue weighted by atomic mass is 35.5. The smallest absolute Gasteiger partial charge is 0.213 e. The van der Waals surface area contributed by atoms with Gasteiger partial charge in [0.1, 0.15) is 17.1 Å². The topological polar surface area (TPSA) is 66.0 Å². The maximum atomic E-state index is 5.88. The van der Waals surface area contributed by atoms with Crippen molar-refractivity contribution in [2.24, 2.45) is 0 Å². The van der Waals surface area contributed by atoms with Gasteiger partial charge in [0, 0.05) is 12.3 Å². The van der Waals surface area contributed by atoms with E-state index < -0.39 is 0 Å². The summed E-state index contributed by atoms with van der Waals surface area (Å²) in [6, 6.07) is 5.87. The van der Waals surface area contributed by atoms with Gasteiger partial charge in [0.15, 0.2) is 5.82 Å². The molecule has 0 radical (unpaired) electrons. The van der Waals surface area contributed by atoms with Crippen LogP contribution in [0.4, 0.5) is 0 Å². The van der Waals surface area contributed by atoms with Gasteiger partial charge < -0.3 is 13.8 Å². The number of aromatic nitrogens is 4. The molecule has 0 unspecified atom stereocenters. The lowest BCUT2D eigenvalue weighted by atomic mass is 10.3. The summed E-state index contributed by atoms with van der Waals surface area (Å²) < 4.78 is 12.5. The molecule has 0 aliphatic heterocycles. The van der Waals surface area contributed by atoms with E-state index in [2.05, 4.69) is 15.1 Å². The van der Waals surface area contributed by atoms with Crippen LogP contribution in [-0.2, 0) is 13.0 Å². The minimum Gasteiger partial charge on any atom is -0.492 e. The Morgan fingerprint density at radius 2 is 2.29 bits per heavy atom. The fourth-order valence-electron chi connectivity index (χ4n) is 2.30. The van der Waals surface area contributed by atoms with E-state index in [1.165, 1.54) is 6.39 Å². The summed E-state index contributed by atoms with van der Waals surface area (Å²) in [6.45, 7) is 3.05. The number of ether oxygens (including phenoxy) is 1. The zero-order chi connectivity index (χ0) is 14.7. The molecule has 0 atom stereocenters. The lowest BCUT2D eigenvalue weighted by Gasteiger charge is -2.06. The molecular weight excluding hydrogens is 292 g/mol. The van der Waals surface area contributed by atoms with E-state index in [-0.39, 0.29) is 0 Å². The Bertz CT molecular complexity index is 724. The number of imidazole rings is 1. The molecule has 2 heterocycles. The molecule has 0 saturated carbocycles. The molecule has 3 aromatic rings. The number of aryl methyl sites for hydroxylation is 1. The van der Waals surface area contributed by atoms with Crippen LogP contribution < -0.4 is 4.74 Å². The number of alkyl halides is 1. The monoisotopic (exact) mass is 306 g/mol. The molecule has 0 fully saturated rings.